The predicted octanol–water partition coefficient (Wildman–Crippen LogP) is 3.43. The molecule has 4 heterocycles. The number of aromatic nitrogens is 4. The molecule has 2 aliphatic heterocycles. The molecule has 2 fully saturated rings. The maximum Gasteiger partial charge on any atom is 0.459 e. The highest BCUT2D eigenvalue weighted by Gasteiger charge is 2.65. The van der Waals surface area contributed by atoms with Crippen molar-refractivity contribution in [2.75, 3.05) is 30.3 Å². The van der Waals surface area contributed by atoms with Crippen molar-refractivity contribution >= 4 is 36.6 Å². The lowest BCUT2D eigenvalue weighted by molar-refractivity contribution is -0.202. The molecule has 5 rings (SSSR count). The Hall–Kier alpha value is -3.43. The van der Waals surface area contributed by atoms with Gasteiger partial charge in [0.2, 0.25) is 5.95 Å². The number of esters is 1. The first-order valence-electron chi connectivity index (χ1n) is 14.2. The van der Waals surface area contributed by atoms with Gasteiger partial charge in [-0.05, 0) is 52.7 Å². The summed E-state index contributed by atoms with van der Waals surface area (Å²) in [6.45, 7) is 5.75. The van der Waals surface area contributed by atoms with E-state index in [4.69, 9.17) is 24.3 Å². The Morgan fingerprint density at radius 1 is 1.23 bits per heavy atom. The summed E-state index contributed by atoms with van der Waals surface area (Å²) in [6.07, 6.45) is -1.60. The van der Waals surface area contributed by atoms with E-state index in [1.807, 2.05) is 4.90 Å². The van der Waals surface area contributed by atoms with Crippen LogP contribution < -0.4 is 20.2 Å². The molecule has 14 nitrogen and oxygen atoms in total. The van der Waals surface area contributed by atoms with Gasteiger partial charge < -0.3 is 29.7 Å². The summed E-state index contributed by atoms with van der Waals surface area (Å²) < 4.78 is 69.0. The second-order valence-corrected chi connectivity index (χ2v) is 12.9. The van der Waals surface area contributed by atoms with Crippen molar-refractivity contribution in [3.63, 3.8) is 0 Å². The number of hydrogen-bond acceptors (Lipinski definition) is 12. The third kappa shape index (κ3) is 6.35. The molecule has 0 saturated carbocycles. The zero-order valence-electron chi connectivity index (χ0n) is 24.7. The highest BCUT2D eigenvalue weighted by molar-refractivity contribution is 7.52. The summed E-state index contributed by atoms with van der Waals surface area (Å²) in [5.74, 6) is -3.60. The topological polar surface area (TPSA) is 176 Å². The number of aliphatic hydroxyl groups excluding tert-OH is 1. The quantitative estimate of drug-likeness (QED) is 0.206. The van der Waals surface area contributed by atoms with E-state index in [1.165, 1.54) is 25.4 Å². The van der Waals surface area contributed by atoms with E-state index in [0.29, 0.717) is 11.3 Å². The summed E-state index contributed by atoms with van der Waals surface area (Å²) in [7, 11) is -4.57. The van der Waals surface area contributed by atoms with Gasteiger partial charge in [0.05, 0.1) is 12.4 Å². The Kier molecular flexibility index (Phi) is 8.84. The number of nitrogen functional groups attached to an aromatic ring is 1. The van der Waals surface area contributed by atoms with Crippen molar-refractivity contribution in [1.82, 2.24) is 24.6 Å². The highest BCUT2D eigenvalue weighted by Crippen LogP contribution is 2.52. The number of anilines is 2. The molecule has 1 aromatic carbocycles. The lowest BCUT2D eigenvalue weighted by Gasteiger charge is -2.28. The summed E-state index contributed by atoms with van der Waals surface area (Å²) in [5.41, 5.74) is 3.57. The minimum absolute atomic E-state index is 0.0673. The number of nitrogens with one attached hydrogen (secondary N) is 1. The first-order valence-corrected chi connectivity index (χ1v) is 15.7. The van der Waals surface area contributed by atoms with Gasteiger partial charge in [-0.3, -0.25) is 13.9 Å². The van der Waals surface area contributed by atoms with Gasteiger partial charge in [-0.2, -0.15) is 15.1 Å². The van der Waals surface area contributed by atoms with E-state index < -0.39 is 56.3 Å². The van der Waals surface area contributed by atoms with Gasteiger partial charge in [0.15, 0.2) is 35.0 Å². The van der Waals surface area contributed by atoms with Crippen LogP contribution in [0.5, 0.6) is 5.75 Å². The van der Waals surface area contributed by atoms with Crippen LogP contribution in [0.4, 0.5) is 20.5 Å². The largest absolute Gasteiger partial charge is 0.462 e. The van der Waals surface area contributed by atoms with Crippen LogP contribution >= 0.6 is 7.75 Å². The van der Waals surface area contributed by atoms with Crippen molar-refractivity contribution in [2.24, 2.45) is 0 Å². The normalized spacial score (nSPS) is 27.5. The number of imidazole rings is 1. The number of nitrogens with two attached hydrogens (primary N) is 1. The molecule has 0 amide bonds. The van der Waals surface area contributed by atoms with Crippen molar-refractivity contribution in [2.45, 2.75) is 76.5 Å². The maximum absolute atomic E-state index is 16.4. The second-order valence-electron chi connectivity index (χ2n) is 11.2. The van der Waals surface area contributed by atoms with Crippen LogP contribution in [-0.4, -0.2) is 80.1 Å². The van der Waals surface area contributed by atoms with Gasteiger partial charge >= 0.3 is 13.7 Å². The highest BCUT2D eigenvalue weighted by atomic mass is 31.2. The Morgan fingerprint density at radius 2 is 1.91 bits per heavy atom. The summed E-state index contributed by atoms with van der Waals surface area (Å²) >= 11 is 0. The second kappa shape index (κ2) is 12.2. The molecule has 240 valence electrons. The standard InChI is InChI=1S/C27H36F2N7O7P/c1-16(2)41-22(37)17(3)34-44(39,43-18-10-6-5-7-11-18)40-14-27(29)23(38)26(4,28)24(42-27)36-15-31-19-20(35-12-8-9-13-35)32-25(30)33-21(19)36/h5-7,10-11,15-17,23-24,38H,8-9,12-14H2,1-4H3,(H,34,39)(H2,30,32,33)/t17-,23-,24+,26+,27+,44-/m0/s1. The van der Waals surface area contributed by atoms with E-state index in [-0.39, 0.29) is 17.3 Å². The Bertz CT molecular complexity index is 1540. The molecule has 2 aliphatic rings. The molecule has 0 spiro atoms. The number of hydrogen-bond donors (Lipinski definition) is 3. The van der Waals surface area contributed by atoms with Crippen molar-refractivity contribution in [1.29, 1.82) is 0 Å². The van der Waals surface area contributed by atoms with Gasteiger partial charge in [-0.1, -0.05) is 18.2 Å². The maximum atomic E-state index is 16.4. The number of halogens is 2. The molecule has 0 aliphatic carbocycles. The lowest BCUT2D eigenvalue weighted by Crippen LogP contribution is -2.47. The number of ether oxygens (including phenoxy) is 2. The third-order valence-corrected chi connectivity index (χ3v) is 8.89. The van der Waals surface area contributed by atoms with E-state index in [9.17, 15) is 14.5 Å². The molecule has 2 aromatic heterocycles. The van der Waals surface area contributed by atoms with E-state index >= 15 is 8.78 Å². The molecule has 17 heteroatoms. The number of carbonyl (C=O) groups excluding carboxylic acids is 1. The minimum atomic E-state index is -4.57. The fourth-order valence-electron chi connectivity index (χ4n) is 5.11. The third-order valence-electron chi connectivity index (χ3n) is 7.27. The predicted molar refractivity (Wildman–Crippen MR) is 155 cm³/mol. The minimum Gasteiger partial charge on any atom is -0.462 e. The van der Waals surface area contributed by atoms with Crippen LogP contribution in [0.3, 0.4) is 0 Å². The lowest BCUT2D eigenvalue weighted by atomic mass is 9.97. The Balaban J connectivity index is 1.41. The first-order chi connectivity index (χ1) is 20.7. The molecule has 4 N–H and O–H groups in total. The van der Waals surface area contributed by atoms with Crippen molar-refractivity contribution in [3.05, 3.63) is 36.7 Å². The monoisotopic (exact) mass is 639 g/mol. The smallest absolute Gasteiger partial charge is 0.459 e. The van der Waals surface area contributed by atoms with Crippen LogP contribution in [0.15, 0.2) is 36.7 Å². The summed E-state index contributed by atoms with van der Waals surface area (Å²) in [6, 6.07) is 6.58. The van der Waals surface area contributed by atoms with Gasteiger partial charge in [0, 0.05) is 13.1 Å². The zero-order chi connectivity index (χ0) is 31.9. The number of para-hydroxylation sites is 1. The zero-order valence-corrected chi connectivity index (χ0v) is 25.6. The molecule has 44 heavy (non-hydrogen) atoms. The number of carbonyl (C=O) groups is 1. The average Bonchev–Trinajstić information content (AvgIpc) is 3.68. The molecule has 0 radical (unpaired) electrons. The molecular formula is C27H36F2N7O7P. The molecule has 0 bridgehead atoms. The molecule has 6 atom stereocenters. The van der Waals surface area contributed by atoms with Crippen LogP contribution in [-0.2, 0) is 23.4 Å². The number of fused-ring (bicyclic) bond motifs is 1. The number of alkyl halides is 2. The van der Waals surface area contributed by atoms with Crippen molar-refractivity contribution in [3.8, 4) is 5.75 Å². The molecule has 3 aromatic rings. The number of aliphatic hydroxyl groups is 1. The Labute approximate surface area is 252 Å². The number of rotatable bonds is 11. The van der Waals surface area contributed by atoms with Crippen LogP contribution in [0.2, 0.25) is 0 Å². The molecular weight excluding hydrogens is 603 g/mol. The Morgan fingerprint density at radius 3 is 2.57 bits per heavy atom. The summed E-state index contributed by atoms with van der Waals surface area (Å²) in [5, 5.41) is 13.3. The van der Waals surface area contributed by atoms with Crippen LogP contribution in [0.25, 0.3) is 11.2 Å². The fraction of sp³-hybridized carbons (Fsp3) is 0.556. The SMILES string of the molecule is CC(C)OC(=O)[C@H](C)N[P@](=O)(OC[C@@]1(F)O[C@@H](n2cnc3c(N4CCCC4)nc(N)nc32)[C@](C)(F)[C@@H]1O)Oc1ccccc1. The van der Waals surface area contributed by atoms with Crippen LogP contribution in [0.1, 0.15) is 46.8 Å². The molecule has 0 unspecified atom stereocenters. The van der Waals surface area contributed by atoms with Gasteiger partial charge in [0.25, 0.3) is 5.85 Å². The van der Waals surface area contributed by atoms with E-state index in [2.05, 4.69) is 20.0 Å². The van der Waals surface area contributed by atoms with Gasteiger partial charge in [-0.25, -0.2) is 18.3 Å². The number of nitrogens with zero attached hydrogens (tertiary/aromatic N) is 5. The average molecular weight is 640 g/mol. The first kappa shape index (κ1) is 32.0. The van der Waals surface area contributed by atoms with Gasteiger partial charge in [-0.15, -0.1) is 0 Å². The van der Waals surface area contributed by atoms with Gasteiger partial charge in [0.1, 0.15) is 18.4 Å². The fourth-order valence-corrected chi connectivity index (χ4v) is 6.61. The van der Waals surface area contributed by atoms with Crippen LogP contribution in [0, 0.1) is 0 Å². The number of benzene rings is 1. The molecule has 2 saturated heterocycles. The van der Waals surface area contributed by atoms with Crippen molar-refractivity contribution < 1.29 is 41.8 Å². The summed E-state index contributed by atoms with van der Waals surface area (Å²) in [4.78, 5) is 27.2. The van der Waals surface area contributed by atoms with E-state index in [1.54, 1.807) is 32.0 Å². The van der Waals surface area contributed by atoms with E-state index in [0.717, 1.165) is 37.4 Å².